The van der Waals surface area contributed by atoms with Crippen LogP contribution in [0.25, 0.3) is 0 Å². The second-order valence-electron chi connectivity index (χ2n) is 9.72. The van der Waals surface area contributed by atoms with E-state index in [1.165, 1.54) is 49.7 Å². The number of rotatable bonds is 14. The summed E-state index contributed by atoms with van der Waals surface area (Å²) >= 11 is 0. The molecule has 0 amide bonds. The Morgan fingerprint density at radius 2 is 0.867 bits per heavy atom. The number of hydrogen-bond donors (Lipinski definition) is 0. The molecule has 0 unspecified atom stereocenters. The van der Waals surface area contributed by atoms with Gasteiger partial charge in [0, 0.05) is 0 Å². The molecule has 2 aliphatic rings. The van der Waals surface area contributed by atoms with E-state index < -0.39 is 0 Å². The third-order valence-corrected chi connectivity index (χ3v) is 6.22. The minimum atomic E-state index is -0.175. The summed E-state index contributed by atoms with van der Waals surface area (Å²) < 4.78 is 20.5. The van der Waals surface area contributed by atoms with E-state index in [2.05, 4.69) is 50.3 Å². The van der Waals surface area contributed by atoms with E-state index in [1.54, 1.807) is 36.4 Å². The Morgan fingerprint density at radius 1 is 0.556 bits per heavy atom. The zero-order chi connectivity index (χ0) is 32.4. The molecule has 0 fully saturated rings. The smallest absolute Gasteiger partial charge is 0.867 e. The van der Waals surface area contributed by atoms with Crippen molar-refractivity contribution in [3.63, 3.8) is 0 Å². The van der Waals surface area contributed by atoms with Crippen LogP contribution in [0.2, 0.25) is 0 Å². The van der Waals surface area contributed by atoms with Crippen LogP contribution >= 0.6 is 0 Å². The Hall–Kier alpha value is -2.92. The zero-order valence-electron chi connectivity index (χ0n) is 28.2. The first kappa shape index (κ1) is 42.1. The molecule has 45 heavy (non-hydrogen) atoms. The SMILES string of the molecule is CCCCC1=[C-]CC=C1.CCCCC1=[C-]CC=C1.CCOc1cccc(OCC)c1[O-].CCOc1cccc(OCC)c1[O-].[Zr+4]. The van der Waals surface area contributed by atoms with Crippen LogP contribution in [-0.4, -0.2) is 26.4 Å². The number of benzene rings is 2. The van der Waals surface area contributed by atoms with Crippen LogP contribution in [0.4, 0.5) is 0 Å². The molecule has 4 rings (SSSR count). The standard InChI is InChI=1S/2C10H14O3.2C9H13.Zr/c2*1-3-12-8-6-5-7-9(10(8)11)13-4-2;2*1-2-3-6-9-7-4-5-8-9;/h2*5-7,11H,3-4H2,1-2H3;2*4,7H,2-3,5-6H2,1H3;/q;;2*-1;+4/p-2. The van der Waals surface area contributed by atoms with Crippen LogP contribution in [0.3, 0.4) is 0 Å². The van der Waals surface area contributed by atoms with Gasteiger partial charge in [-0.2, -0.15) is 12.2 Å². The van der Waals surface area contributed by atoms with Crippen molar-refractivity contribution < 1.29 is 55.4 Å². The van der Waals surface area contributed by atoms with Crippen LogP contribution in [0.1, 0.15) is 92.9 Å². The molecule has 7 heteroatoms. The van der Waals surface area contributed by atoms with Gasteiger partial charge in [0.05, 0.1) is 26.4 Å². The molecule has 0 radical (unpaired) electrons. The minimum absolute atomic E-state index is 0. The summed E-state index contributed by atoms with van der Waals surface area (Å²) in [7, 11) is 0. The van der Waals surface area contributed by atoms with E-state index in [1.807, 2.05) is 27.7 Å². The molecule has 2 aromatic carbocycles. The van der Waals surface area contributed by atoms with Gasteiger partial charge in [-0.05, 0) is 63.5 Å². The van der Waals surface area contributed by atoms with E-state index in [9.17, 15) is 10.2 Å². The largest absolute Gasteiger partial charge is 4.00 e. The Bertz CT molecular complexity index is 1030. The first-order valence-electron chi connectivity index (χ1n) is 16.1. The van der Waals surface area contributed by atoms with Gasteiger partial charge in [0.25, 0.3) is 0 Å². The van der Waals surface area contributed by atoms with Crippen molar-refractivity contribution in [1.29, 1.82) is 0 Å². The number of hydrogen-bond acceptors (Lipinski definition) is 6. The van der Waals surface area contributed by atoms with E-state index in [0.717, 1.165) is 12.8 Å². The number of allylic oxidation sites excluding steroid dienone is 8. The van der Waals surface area contributed by atoms with E-state index in [-0.39, 0.29) is 37.7 Å². The van der Waals surface area contributed by atoms with E-state index in [0.29, 0.717) is 49.4 Å². The van der Waals surface area contributed by atoms with Crippen molar-refractivity contribution >= 4 is 0 Å². The maximum absolute atomic E-state index is 11.5. The molecule has 0 N–H and O–H groups in total. The van der Waals surface area contributed by atoms with Crippen molar-refractivity contribution in [2.24, 2.45) is 0 Å². The summed E-state index contributed by atoms with van der Waals surface area (Å²) in [6, 6.07) is 10.1. The van der Waals surface area contributed by atoms with Gasteiger partial charge in [-0.15, -0.1) is 12.8 Å². The van der Waals surface area contributed by atoms with Crippen LogP contribution < -0.4 is 29.2 Å². The van der Waals surface area contributed by atoms with Gasteiger partial charge in [0.1, 0.15) is 23.0 Å². The summed E-state index contributed by atoms with van der Waals surface area (Å²) in [5.74, 6) is 1.07. The van der Waals surface area contributed by atoms with Crippen LogP contribution in [0.15, 0.2) is 71.8 Å². The molecule has 6 nitrogen and oxygen atoms in total. The van der Waals surface area contributed by atoms with Crippen molar-refractivity contribution in [1.82, 2.24) is 0 Å². The Balaban J connectivity index is 0.000000577. The second kappa shape index (κ2) is 27.4. The summed E-state index contributed by atoms with van der Waals surface area (Å²) in [5.41, 5.74) is 2.83. The molecule has 244 valence electrons. The number of unbranched alkanes of at least 4 members (excludes halogenated alkanes) is 2. The first-order valence-corrected chi connectivity index (χ1v) is 16.1. The van der Waals surface area contributed by atoms with Gasteiger partial charge in [0.2, 0.25) is 0 Å². The van der Waals surface area contributed by atoms with Gasteiger partial charge < -0.3 is 29.2 Å². The fourth-order valence-corrected chi connectivity index (χ4v) is 4.05. The van der Waals surface area contributed by atoms with Gasteiger partial charge in [0.15, 0.2) is 0 Å². The maximum atomic E-state index is 11.5. The molecule has 0 atom stereocenters. The van der Waals surface area contributed by atoms with Gasteiger partial charge in [-0.3, -0.25) is 12.2 Å². The van der Waals surface area contributed by atoms with E-state index in [4.69, 9.17) is 18.9 Å². The normalized spacial score (nSPS) is 12.1. The van der Waals surface area contributed by atoms with Crippen molar-refractivity contribution in [2.75, 3.05) is 26.4 Å². The third-order valence-electron chi connectivity index (χ3n) is 6.22. The molecule has 0 saturated heterocycles. The summed E-state index contributed by atoms with van der Waals surface area (Å²) in [4.78, 5) is 0. The average molecular weight is 696 g/mol. The van der Waals surface area contributed by atoms with Crippen LogP contribution in [0.5, 0.6) is 34.5 Å². The van der Waals surface area contributed by atoms with E-state index >= 15 is 0 Å². The molecular formula is C38H52O6Zr. The van der Waals surface area contributed by atoms with Crippen molar-refractivity contribution in [3.8, 4) is 34.5 Å². The molecule has 0 heterocycles. The molecular weight excluding hydrogens is 644 g/mol. The van der Waals surface area contributed by atoms with Crippen molar-refractivity contribution in [2.45, 2.75) is 92.9 Å². The third kappa shape index (κ3) is 18.0. The van der Waals surface area contributed by atoms with Crippen molar-refractivity contribution in [3.05, 3.63) is 84.0 Å². The number of ether oxygens (including phenoxy) is 4. The maximum Gasteiger partial charge on any atom is 4.00 e. The average Bonchev–Trinajstić information content (AvgIpc) is 3.76. The molecule has 0 aromatic heterocycles. The summed E-state index contributed by atoms with van der Waals surface area (Å²) in [6.07, 6.45) is 25.1. The summed E-state index contributed by atoms with van der Waals surface area (Å²) in [6.45, 7) is 13.8. The fourth-order valence-electron chi connectivity index (χ4n) is 4.05. The molecule has 0 aliphatic heterocycles. The molecule has 2 aliphatic carbocycles. The van der Waals surface area contributed by atoms with Crippen LogP contribution in [0, 0.1) is 12.2 Å². The summed E-state index contributed by atoms with van der Waals surface area (Å²) in [5, 5.41) is 23.0. The predicted molar refractivity (Wildman–Crippen MR) is 177 cm³/mol. The van der Waals surface area contributed by atoms with Crippen LogP contribution in [-0.2, 0) is 26.2 Å². The Labute approximate surface area is 292 Å². The quantitative estimate of drug-likeness (QED) is 0.184. The molecule has 0 saturated carbocycles. The molecule has 2 aromatic rings. The first-order chi connectivity index (χ1) is 21.4. The monoisotopic (exact) mass is 694 g/mol. The molecule has 0 spiro atoms. The zero-order valence-corrected chi connectivity index (χ0v) is 30.7. The predicted octanol–water partition coefficient (Wildman–Crippen LogP) is 8.84. The van der Waals surface area contributed by atoms with Gasteiger partial charge in [-0.1, -0.05) is 64.5 Å². The number of para-hydroxylation sites is 2. The topological polar surface area (TPSA) is 83.0 Å². The van der Waals surface area contributed by atoms with Gasteiger partial charge in [-0.25, -0.2) is 23.3 Å². The fraction of sp³-hybridized carbons (Fsp3) is 0.474. The van der Waals surface area contributed by atoms with Gasteiger partial charge >= 0.3 is 26.2 Å². The Kier molecular flexibility index (Phi) is 25.6. The Morgan fingerprint density at radius 3 is 1.09 bits per heavy atom. The minimum Gasteiger partial charge on any atom is -0.867 e. The second-order valence-corrected chi connectivity index (χ2v) is 9.72. The molecule has 0 bridgehead atoms.